The normalized spacial score (nSPS) is 11.5. The van der Waals surface area contributed by atoms with Gasteiger partial charge in [0.15, 0.2) is 0 Å². The van der Waals surface area contributed by atoms with E-state index in [0.717, 1.165) is 3.57 Å². The van der Waals surface area contributed by atoms with Crippen LogP contribution in [0.1, 0.15) is 11.1 Å². The molecule has 0 saturated carbocycles. The number of carboxylic acid groups (broad SMARTS) is 1. The van der Waals surface area contributed by atoms with E-state index in [9.17, 15) is 18.0 Å². The summed E-state index contributed by atoms with van der Waals surface area (Å²) in [5.41, 5.74) is 0.243. The van der Waals surface area contributed by atoms with Crippen LogP contribution in [-0.2, 0) is 17.6 Å². The predicted octanol–water partition coefficient (Wildman–Crippen LogP) is 3.02. The zero-order valence-electron chi connectivity index (χ0n) is 8.01. The molecule has 0 aliphatic rings. The topological polar surface area (TPSA) is 37.3 Å². The molecule has 88 valence electrons. The van der Waals surface area contributed by atoms with Gasteiger partial charge in [0, 0.05) is 3.57 Å². The van der Waals surface area contributed by atoms with E-state index in [1.807, 2.05) is 22.6 Å². The molecule has 2 nitrogen and oxygen atoms in total. The Balaban J connectivity index is 3.02. The first kappa shape index (κ1) is 13.3. The number of carboxylic acids is 1. The highest BCUT2D eigenvalue weighted by molar-refractivity contribution is 14.1. The molecule has 0 spiro atoms. The number of alkyl halides is 3. The van der Waals surface area contributed by atoms with Gasteiger partial charge in [0.25, 0.3) is 0 Å². The van der Waals surface area contributed by atoms with Gasteiger partial charge in [0.05, 0.1) is 12.8 Å². The molecular formula is C10H8F3IO2. The second kappa shape index (κ2) is 5.03. The molecule has 1 N–H and O–H groups in total. The van der Waals surface area contributed by atoms with Crippen LogP contribution < -0.4 is 0 Å². The molecule has 0 bridgehead atoms. The van der Waals surface area contributed by atoms with Crippen LogP contribution in [0.5, 0.6) is 0 Å². The molecule has 1 aromatic rings. The Kier molecular flexibility index (Phi) is 4.17. The molecule has 0 radical (unpaired) electrons. The van der Waals surface area contributed by atoms with Crippen LogP contribution in [0.25, 0.3) is 0 Å². The number of benzene rings is 1. The van der Waals surface area contributed by atoms with Crippen LogP contribution in [0.15, 0.2) is 18.2 Å². The van der Waals surface area contributed by atoms with Gasteiger partial charge in [0.2, 0.25) is 0 Å². The maximum absolute atomic E-state index is 12.2. The number of rotatable bonds is 3. The highest BCUT2D eigenvalue weighted by Gasteiger charge is 2.29. The molecule has 0 aromatic heterocycles. The molecule has 6 heteroatoms. The SMILES string of the molecule is O=C(O)Cc1cc(I)ccc1CC(F)(F)F. The Morgan fingerprint density at radius 3 is 2.44 bits per heavy atom. The lowest BCUT2D eigenvalue weighted by Gasteiger charge is -2.11. The van der Waals surface area contributed by atoms with Gasteiger partial charge >= 0.3 is 12.1 Å². The molecule has 0 unspecified atom stereocenters. The summed E-state index contributed by atoms with van der Waals surface area (Å²) in [7, 11) is 0. The standard InChI is InChI=1S/C10H8F3IO2/c11-10(12,13)5-6-1-2-8(14)3-7(6)4-9(15)16/h1-3H,4-5H2,(H,15,16). The van der Waals surface area contributed by atoms with Crippen molar-refractivity contribution in [3.8, 4) is 0 Å². The van der Waals surface area contributed by atoms with Crippen LogP contribution in [0.4, 0.5) is 13.2 Å². The van der Waals surface area contributed by atoms with E-state index in [4.69, 9.17) is 5.11 Å². The van der Waals surface area contributed by atoms with Gasteiger partial charge in [0.1, 0.15) is 0 Å². The van der Waals surface area contributed by atoms with Crippen molar-refractivity contribution in [2.45, 2.75) is 19.0 Å². The summed E-state index contributed by atoms with van der Waals surface area (Å²) in [6.45, 7) is 0. The van der Waals surface area contributed by atoms with Crippen molar-refractivity contribution in [3.05, 3.63) is 32.9 Å². The van der Waals surface area contributed by atoms with Crippen LogP contribution in [0, 0.1) is 3.57 Å². The van der Waals surface area contributed by atoms with Gasteiger partial charge in [-0.3, -0.25) is 4.79 Å². The van der Waals surface area contributed by atoms with Gasteiger partial charge < -0.3 is 5.11 Å². The summed E-state index contributed by atoms with van der Waals surface area (Å²) in [4.78, 5) is 10.5. The lowest BCUT2D eigenvalue weighted by molar-refractivity contribution is -0.136. The second-order valence-corrected chi connectivity index (χ2v) is 4.52. The summed E-state index contributed by atoms with van der Waals surface area (Å²) >= 11 is 1.93. The predicted molar refractivity (Wildman–Crippen MR) is 60.3 cm³/mol. The Morgan fingerprint density at radius 2 is 1.94 bits per heavy atom. The second-order valence-electron chi connectivity index (χ2n) is 3.28. The van der Waals surface area contributed by atoms with E-state index < -0.39 is 18.6 Å². The van der Waals surface area contributed by atoms with Crippen LogP contribution in [-0.4, -0.2) is 17.3 Å². The minimum atomic E-state index is -4.32. The van der Waals surface area contributed by atoms with Gasteiger partial charge in [-0.15, -0.1) is 0 Å². The van der Waals surface area contributed by atoms with E-state index in [1.54, 1.807) is 0 Å². The van der Waals surface area contributed by atoms with Gasteiger partial charge in [-0.1, -0.05) is 6.07 Å². The molecule has 0 heterocycles. The molecule has 0 saturated heterocycles. The first-order chi connectivity index (χ1) is 7.28. The van der Waals surface area contributed by atoms with Crippen LogP contribution in [0.2, 0.25) is 0 Å². The summed E-state index contributed by atoms with van der Waals surface area (Å²) in [6.07, 6.45) is -5.80. The fourth-order valence-electron chi connectivity index (χ4n) is 1.31. The van der Waals surface area contributed by atoms with E-state index in [1.165, 1.54) is 18.2 Å². The Bertz CT molecular complexity index is 402. The molecular weight excluding hydrogens is 336 g/mol. The highest BCUT2D eigenvalue weighted by atomic mass is 127. The molecule has 0 fully saturated rings. The van der Waals surface area contributed by atoms with E-state index in [-0.39, 0.29) is 17.5 Å². The van der Waals surface area contributed by atoms with E-state index in [2.05, 4.69) is 0 Å². The van der Waals surface area contributed by atoms with Crippen molar-refractivity contribution in [3.63, 3.8) is 0 Å². The first-order valence-corrected chi connectivity index (χ1v) is 5.41. The molecule has 1 rings (SSSR count). The van der Waals surface area contributed by atoms with Gasteiger partial charge in [-0.2, -0.15) is 13.2 Å². The minimum absolute atomic E-state index is 0.0234. The zero-order valence-corrected chi connectivity index (χ0v) is 10.2. The largest absolute Gasteiger partial charge is 0.481 e. The van der Waals surface area contributed by atoms with Crippen molar-refractivity contribution >= 4 is 28.6 Å². The monoisotopic (exact) mass is 344 g/mol. The summed E-state index contributed by atoms with van der Waals surface area (Å²) in [5, 5.41) is 8.60. The first-order valence-electron chi connectivity index (χ1n) is 4.34. The lowest BCUT2D eigenvalue weighted by Crippen LogP contribution is -2.14. The Hall–Kier alpha value is -0.790. The number of hydrogen-bond acceptors (Lipinski definition) is 1. The smallest absolute Gasteiger partial charge is 0.393 e. The molecule has 1 aromatic carbocycles. The highest BCUT2D eigenvalue weighted by Crippen LogP contribution is 2.24. The third-order valence-electron chi connectivity index (χ3n) is 1.90. The van der Waals surface area contributed by atoms with Crippen molar-refractivity contribution in [2.75, 3.05) is 0 Å². The number of hydrogen-bond donors (Lipinski definition) is 1. The average Bonchev–Trinajstić information content (AvgIpc) is 2.06. The number of halogens is 4. The minimum Gasteiger partial charge on any atom is -0.481 e. The van der Waals surface area contributed by atoms with Crippen LogP contribution >= 0.6 is 22.6 Å². The molecule has 0 aliphatic carbocycles. The maximum Gasteiger partial charge on any atom is 0.393 e. The molecule has 16 heavy (non-hydrogen) atoms. The molecule has 0 atom stereocenters. The fraction of sp³-hybridized carbons (Fsp3) is 0.300. The van der Waals surface area contributed by atoms with Crippen molar-refractivity contribution < 1.29 is 23.1 Å². The summed E-state index contributed by atoms with van der Waals surface area (Å²) in [6, 6.07) is 4.33. The average molecular weight is 344 g/mol. The van der Waals surface area contributed by atoms with E-state index >= 15 is 0 Å². The third kappa shape index (κ3) is 4.38. The van der Waals surface area contributed by atoms with Gasteiger partial charge in [-0.25, -0.2) is 0 Å². The zero-order chi connectivity index (χ0) is 12.3. The molecule has 0 aliphatic heterocycles. The third-order valence-corrected chi connectivity index (χ3v) is 2.57. The van der Waals surface area contributed by atoms with Crippen molar-refractivity contribution in [2.24, 2.45) is 0 Å². The van der Waals surface area contributed by atoms with Crippen LogP contribution in [0.3, 0.4) is 0 Å². The van der Waals surface area contributed by atoms with Gasteiger partial charge in [-0.05, 0) is 45.9 Å². The number of aliphatic carboxylic acids is 1. The van der Waals surface area contributed by atoms with Crippen molar-refractivity contribution in [1.29, 1.82) is 0 Å². The van der Waals surface area contributed by atoms with E-state index in [0.29, 0.717) is 0 Å². The molecule has 0 amide bonds. The lowest BCUT2D eigenvalue weighted by atomic mass is 10.0. The van der Waals surface area contributed by atoms with Crippen molar-refractivity contribution in [1.82, 2.24) is 0 Å². The summed E-state index contributed by atoms with van der Waals surface area (Å²) < 4.78 is 37.4. The fourth-order valence-corrected chi connectivity index (χ4v) is 1.87. The Morgan fingerprint density at radius 1 is 1.31 bits per heavy atom. The maximum atomic E-state index is 12.2. The quantitative estimate of drug-likeness (QED) is 0.856. The number of carbonyl (C=O) groups is 1. The summed E-state index contributed by atoms with van der Waals surface area (Å²) in [5.74, 6) is -1.13. The Labute approximate surface area is 104 Å².